The van der Waals surface area contributed by atoms with Gasteiger partial charge in [-0.2, -0.15) is 4.52 Å². The molecule has 0 saturated carbocycles. The van der Waals surface area contributed by atoms with Crippen molar-refractivity contribution < 1.29 is 9.90 Å². The molecule has 4 rings (SSSR count). The molecule has 7 heteroatoms. The number of nitrogens with one attached hydrogen (secondary N) is 1. The van der Waals surface area contributed by atoms with Crippen molar-refractivity contribution in [3.8, 4) is 5.75 Å². The molecule has 0 bridgehead atoms. The molecule has 0 unspecified atom stereocenters. The predicted octanol–water partition coefficient (Wildman–Crippen LogP) is 2.67. The number of carbonyl (C=O) groups excluding carboxylic acids is 1. The summed E-state index contributed by atoms with van der Waals surface area (Å²) >= 11 is 0. The van der Waals surface area contributed by atoms with Gasteiger partial charge in [0.2, 0.25) is 0 Å². The molecule has 0 aliphatic carbocycles. The van der Waals surface area contributed by atoms with Gasteiger partial charge in [-0.3, -0.25) is 4.79 Å². The maximum Gasteiger partial charge on any atom is 0.256 e. The van der Waals surface area contributed by atoms with E-state index < -0.39 is 0 Å². The smallest absolute Gasteiger partial charge is 0.256 e. The lowest BCUT2D eigenvalue weighted by atomic mass is 10.1. The topological polar surface area (TPSA) is 92.4 Å². The molecule has 0 radical (unpaired) electrons. The van der Waals surface area contributed by atoms with E-state index in [2.05, 4.69) is 20.6 Å². The van der Waals surface area contributed by atoms with E-state index in [9.17, 15) is 9.90 Å². The number of aromatic hydroxyl groups is 1. The average Bonchev–Trinajstić information content (AvgIpc) is 3.06. The largest absolute Gasteiger partial charge is 0.508 e. The highest BCUT2D eigenvalue weighted by molar-refractivity contribution is 6.03. The van der Waals surface area contributed by atoms with E-state index in [0.717, 1.165) is 5.56 Å². The molecule has 2 heterocycles. The van der Waals surface area contributed by atoms with E-state index in [4.69, 9.17) is 0 Å². The fourth-order valence-electron chi connectivity index (χ4n) is 2.58. The Labute approximate surface area is 148 Å². The zero-order valence-electron chi connectivity index (χ0n) is 13.7. The zero-order chi connectivity index (χ0) is 17.9. The summed E-state index contributed by atoms with van der Waals surface area (Å²) in [5.41, 5.74) is 2.12. The highest BCUT2D eigenvalue weighted by Gasteiger charge is 2.11. The molecule has 26 heavy (non-hydrogen) atoms. The Kier molecular flexibility index (Phi) is 4.03. The van der Waals surface area contributed by atoms with Crippen LogP contribution in [0, 0.1) is 0 Å². The number of hydrogen-bond acceptors (Lipinski definition) is 5. The summed E-state index contributed by atoms with van der Waals surface area (Å²) in [6, 6.07) is 19.3. The van der Waals surface area contributed by atoms with Crippen LogP contribution in [0.1, 0.15) is 21.7 Å². The van der Waals surface area contributed by atoms with Crippen molar-refractivity contribution in [3.05, 3.63) is 83.7 Å². The molecule has 2 N–H and O–H groups in total. The van der Waals surface area contributed by atoms with Gasteiger partial charge in [0.1, 0.15) is 5.75 Å². The summed E-state index contributed by atoms with van der Waals surface area (Å²) in [4.78, 5) is 12.3. The molecular formula is C19H15N5O2. The van der Waals surface area contributed by atoms with E-state index in [-0.39, 0.29) is 11.7 Å². The standard InChI is InChI=1S/C19H15N5O2/c25-15-8-6-13(7-9-15)12-18-22-21-17-11-10-16(23-24(17)18)20-19(26)14-4-2-1-3-5-14/h1-11,25H,12H2,(H,20,23,26). The second kappa shape index (κ2) is 6.64. The number of aromatic nitrogens is 4. The van der Waals surface area contributed by atoms with Crippen molar-refractivity contribution in [2.75, 3.05) is 5.32 Å². The van der Waals surface area contributed by atoms with Crippen LogP contribution in [0.3, 0.4) is 0 Å². The molecule has 7 nitrogen and oxygen atoms in total. The minimum atomic E-state index is -0.231. The van der Waals surface area contributed by atoms with Crippen molar-refractivity contribution in [2.24, 2.45) is 0 Å². The van der Waals surface area contributed by atoms with Crippen LogP contribution in [0.5, 0.6) is 5.75 Å². The molecule has 4 aromatic rings. The lowest BCUT2D eigenvalue weighted by molar-refractivity contribution is 0.102. The van der Waals surface area contributed by atoms with Crippen LogP contribution in [0.25, 0.3) is 5.65 Å². The van der Waals surface area contributed by atoms with Crippen molar-refractivity contribution in [1.29, 1.82) is 0 Å². The molecule has 2 aromatic heterocycles. The number of rotatable bonds is 4. The van der Waals surface area contributed by atoms with Gasteiger partial charge in [0.15, 0.2) is 17.3 Å². The number of anilines is 1. The molecule has 1 amide bonds. The third kappa shape index (κ3) is 3.23. The van der Waals surface area contributed by atoms with E-state index in [1.165, 1.54) is 0 Å². The highest BCUT2D eigenvalue weighted by atomic mass is 16.3. The Bertz CT molecular complexity index is 1060. The third-order valence-electron chi connectivity index (χ3n) is 3.90. The molecule has 0 aliphatic rings. The first-order valence-electron chi connectivity index (χ1n) is 8.05. The van der Waals surface area contributed by atoms with Crippen LogP contribution in [0.15, 0.2) is 66.7 Å². The van der Waals surface area contributed by atoms with E-state index in [1.54, 1.807) is 53.0 Å². The van der Waals surface area contributed by atoms with Gasteiger partial charge in [-0.1, -0.05) is 30.3 Å². The Balaban J connectivity index is 1.60. The maximum absolute atomic E-state index is 12.3. The van der Waals surface area contributed by atoms with Gasteiger partial charge in [-0.05, 0) is 42.0 Å². The number of fused-ring (bicyclic) bond motifs is 1. The number of nitrogens with zero attached hydrogens (tertiary/aromatic N) is 4. The molecule has 128 valence electrons. The van der Waals surface area contributed by atoms with Crippen LogP contribution in [0.4, 0.5) is 5.82 Å². The van der Waals surface area contributed by atoms with Crippen molar-refractivity contribution in [2.45, 2.75) is 6.42 Å². The molecule has 0 atom stereocenters. The second-order valence-electron chi connectivity index (χ2n) is 5.77. The Morgan fingerprint density at radius 3 is 2.50 bits per heavy atom. The first kappa shape index (κ1) is 15.8. The van der Waals surface area contributed by atoms with E-state index in [0.29, 0.717) is 29.3 Å². The normalized spacial score (nSPS) is 10.8. The maximum atomic E-state index is 12.3. The molecule has 0 saturated heterocycles. The van der Waals surface area contributed by atoms with Crippen LogP contribution < -0.4 is 5.32 Å². The van der Waals surface area contributed by atoms with Gasteiger partial charge in [0.25, 0.3) is 5.91 Å². The number of hydrogen-bond donors (Lipinski definition) is 2. The molecule has 2 aromatic carbocycles. The van der Waals surface area contributed by atoms with E-state index >= 15 is 0 Å². The lowest BCUT2D eigenvalue weighted by Gasteiger charge is -2.05. The monoisotopic (exact) mass is 345 g/mol. The Hall–Kier alpha value is -3.74. The van der Waals surface area contributed by atoms with Gasteiger partial charge in [-0.15, -0.1) is 15.3 Å². The average molecular weight is 345 g/mol. The number of phenolic OH excluding ortho intramolecular Hbond substituents is 1. The SMILES string of the molecule is O=C(Nc1ccc2nnc(Cc3ccc(O)cc3)n2n1)c1ccccc1. The Morgan fingerprint density at radius 1 is 0.962 bits per heavy atom. The van der Waals surface area contributed by atoms with E-state index in [1.807, 2.05) is 18.2 Å². The minimum Gasteiger partial charge on any atom is -0.508 e. The second-order valence-corrected chi connectivity index (χ2v) is 5.77. The van der Waals surface area contributed by atoms with Crippen LogP contribution in [0.2, 0.25) is 0 Å². The van der Waals surface area contributed by atoms with Gasteiger partial charge in [0, 0.05) is 12.0 Å². The molecule has 0 spiro atoms. The highest BCUT2D eigenvalue weighted by Crippen LogP contribution is 2.14. The molecule has 0 aliphatic heterocycles. The van der Waals surface area contributed by atoms with Gasteiger partial charge >= 0.3 is 0 Å². The summed E-state index contributed by atoms with van der Waals surface area (Å²) in [5, 5.41) is 24.9. The summed E-state index contributed by atoms with van der Waals surface area (Å²) in [6.45, 7) is 0. The van der Waals surface area contributed by atoms with Crippen molar-refractivity contribution in [3.63, 3.8) is 0 Å². The number of benzene rings is 2. The Morgan fingerprint density at radius 2 is 1.73 bits per heavy atom. The third-order valence-corrected chi connectivity index (χ3v) is 3.90. The van der Waals surface area contributed by atoms with Crippen LogP contribution in [-0.2, 0) is 6.42 Å². The fourth-order valence-corrected chi connectivity index (χ4v) is 2.58. The van der Waals surface area contributed by atoms with Gasteiger partial charge in [0.05, 0.1) is 0 Å². The zero-order valence-corrected chi connectivity index (χ0v) is 13.7. The molecule has 0 fully saturated rings. The summed E-state index contributed by atoms with van der Waals surface area (Å²) in [7, 11) is 0. The van der Waals surface area contributed by atoms with Crippen LogP contribution >= 0.6 is 0 Å². The first-order valence-corrected chi connectivity index (χ1v) is 8.05. The minimum absolute atomic E-state index is 0.212. The van der Waals surface area contributed by atoms with Crippen molar-refractivity contribution >= 4 is 17.4 Å². The number of amides is 1. The summed E-state index contributed by atoms with van der Waals surface area (Å²) in [6.07, 6.45) is 0.504. The number of phenols is 1. The fraction of sp³-hybridized carbons (Fsp3) is 0.0526. The summed E-state index contributed by atoms with van der Waals surface area (Å²) < 4.78 is 1.60. The predicted molar refractivity (Wildman–Crippen MR) is 96.1 cm³/mol. The first-order chi connectivity index (χ1) is 12.7. The van der Waals surface area contributed by atoms with Gasteiger partial charge < -0.3 is 10.4 Å². The number of carbonyl (C=O) groups is 1. The quantitative estimate of drug-likeness (QED) is 0.593. The molecular weight excluding hydrogens is 330 g/mol. The van der Waals surface area contributed by atoms with Crippen LogP contribution in [-0.4, -0.2) is 30.8 Å². The lowest BCUT2D eigenvalue weighted by Crippen LogP contribution is -2.14. The van der Waals surface area contributed by atoms with Crippen molar-refractivity contribution in [1.82, 2.24) is 19.8 Å². The van der Waals surface area contributed by atoms with Gasteiger partial charge in [-0.25, -0.2) is 0 Å². The summed E-state index contributed by atoms with van der Waals surface area (Å²) in [5.74, 6) is 1.04.